The molecule has 1 N–H and O–H groups in total. The molecule has 0 atom stereocenters. The molecule has 0 bridgehead atoms. The lowest BCUT2D eigenvalue weighted by Crippen LogP contribution is -2.28. The van der Waals surface area contributed by atoms with Crippen LogP contribution in [-0.4, -0.2) is 29.6 Å². The van der Waals surface area contributed by atoms with Crippen molar-refractivity contribution in [2.45, 2.75) is 19.5 Å². The topological polar surface area (TPSA) is 58.4 Å². The van der Waals surface area contributed by atoms with Crippen molar-refractivity contribution in [3.63, 3.8) is 0 Å². The molecule has 5 nitrogen and oxygen atoms in total. The van der Waals surface area contributed by atoms with Crippen molar-refractivity contribution >= 4 is 17.2 Å². The Kier molecular flexibility index (Phi) is 5.11. The van der Waals surface area contributed by atoms with Gasteiger partial charge in [-0.05, 0) is 18.5 Å². The van der Waals surface area contributed by atoms with Crippen LogP contribution in [0.1, 0.15) is 17.0 Å². The van der Waals surface area contributed by atoms with E-state index in [4.69, 9.17) is 4.52 Å². The van der Waals surface area contributed by atoms with E-state index in [1.807, 2.05) is 35.5 Å². The maximum absolute atomic E-state index is 11.7. The van der Waals surface area contributed by atoms with Crippen molar-refractivity contribution in [2.24, 2.45) is 0 Å². The van der Waals surface area contributed by atoms with E-state index in [2.05, 4.69) is 10.5 Å². The third-order valence-electron chi connectivity index (χ3n) is 2.68. The van der Waals surface area contributed by atoms with Gasteiger partial charge in [-0.2, -0.15) is 0 Å². The highest BCUT2D eigenvalue weighted by atomic mass is 32.1. The van der Waals surface area contributed by atoms with Crippen molar-refractivity contribution in [2.75, 3.05) is 13.6 Å². The average Bonchev–Trinajstić information content (AvgIpc) is 3.06. The fraction of sp³-hybridized carbons (Fsp3) is 0.385. The number of amides is 1. The monoisotopic (exact) mass is 279 g/mol. The zero-order chi connectivity index (χ0) is 13.5. The summed E-state index contributed by atoms with van der Waals surface area (Å²) < 4.78 is 4.77. The smallest absolute Gasteiger partial charge is 0.221 e. The van der Waals surface area contributed by atoms with Gasteiger partial charge in [0.1, 0.15) is 6.26 Å². The van der Waals surface area contributed by atoms with Gasteiger partial charge in [-0.3, -0.25) is 9.69 Å². The Morgan fingerprint density at radius 2 is 2.42 bits per heavy atom. The van der Waals surface area contributed by atoms with Crippen molar-refractivity contribution in [1.82, 2.24) is 15.4 Å². The molecule has 6 heteroatoms. The average molecular weight is 279 g/mol. The third kappa shape index (κ3) is 4.84. The first-order valence-corrected chi connectivity index (χ1v) is 6.99. The van der Waals surface area contributed by atoms with E-state index < -0.39 is 0 Å². The summed E-state index contributed by atoms with van der Waals surface area (Å²) in [4.78, 5) is 14.9. The van der Waals surface area contributed by atoms with Crippen LogP contribution in [0.5, 0.6) is 0 Å². The molecule has 2 heterocycles. The van der Waals surface area contributed by atoms with Gasteiger partial charge < -0.3 is 9.84 Å². The Labute approximate surface area is 116 Å². The minimum Gasteiger partial charge on any atom is -0.364 e. The summed E-state index contributed by atoms with van der Waals surface area (Å²) in [5.41, 5.74) is 0.876. The van der Waals surface area contributed by atoms with Gasteiger partial charge in [0.2, 0.25) is 5.91 Å². The van der Waals surface area contributed by atoms with Crippen LogP contribution in [-0.2, 0) is 17.9 Å². The molecule has 19 heavy (non-hydrogen) atoms. The molecule has 0 saturated heterocycles. The van der Waals surface area contributed by atoms with Crippen LogP contribution < -0.4 is 5.32 Å². The summed E-state index contributed by atoms with van der Waals surface area (Å²) in [5, 5.41) is 8.75. The second-order valence-corrected chi connectivity index (χ2v) is 5.37. The first-order chi connectivity index (χ1) is 9.24. The maximum Gasteiger partial charge on any atom is 0.221 e. The van der Waals surface area contributed by atoms with Gasteiger partial charge in [0.05, 0.1) is 12.2 Å². The normalized spacial score (nSPS) is 10.8. The summed E-state index contributed by atoms with van der Waals surface area (Å²) >= 11 is 1.65. The van der Waals surface area contributed by atoms with Gasteiger partial charge in [-0.15, -0.1) is 11.3 Å². The molecule has 2 aromatic heterocycles. The van der Waals surface area contributed by atoms with E-state index in [9.17, 15) is 4.79 Å². The summed E-state index contributed by atoms with van der Waals surface area (Å²) in [5.74, 6) is 0.0698. The van der Waals surface area contributed by atoms with E-state index >= 15 is 0 Å². The highest BCUT2D eigenvalue weighted by Crippen LogP contribution is 2.07. The number of hydrogen-bond acceptors (Lipinski definition) is 5. The van der Waals surface area contributed by atoms with E-state index in [0.29, 0.717) is 26.1 Å². The molecule has 0 aliphatic rings. The molecule has 102 valence electrons. The predicted molar refractivity (Wildman–Crippen MR) is 73.6 cm³/mol. The number of nitrogens with one attached hydrogen (secondary N) is 1. The maximum atomic E-state index is 11.7. The van der Waals surface area contributed by atoms with Crippen molar-refractivity contribution in [1.29, 1.82) is 0 Å². The molecule has 0 saturated carbocycles. The van der Waals surface area contributed by atoms with E-state index in [1.54, 1.807) is 17.6 Å². The number of carbonyl (C=O) groups excluding carboxylic acids is 1. The highest BCUT2D eigenvalue weighted by molar-refractivity contribution is 7.09. The minimum atomic E-state index is 0.0698. The fourth-order valence-corrected chi connectivity index (χ4v) is 2.30. The summed E-state index contributed by atoms with van der Waals surface area (Å²) in [7, 11) is 1.96. The van der Waals surface area contributed by atoms with Crippen LogP contribution in [0.3, 0.4) is 0 Å². The molecule has 0 spiro atoms. The molecular weight excluding hydrogens is 262 g/mol. The molecule has 0 fully saturated rings. The molecule has 0 aromatic carbocycles. The number of hydrogen-bond donors (Lipinski definition) is 1. The van der Waals surface area contributed by atoms with Gasteiger partial charge in [-0.25, -0.2) is 0 Å². The van der Waals surface area contributed by atoms with Crippen molar-refractivity contribution in [3.05, 3.63) is 40.4 Å². The second kappa shape index (κ2) is 7.06. The lowest BCUT2D eigenvalue weighted by Gasteiger charge is -2.14. The number of carbonyl (C=O) groups is 1. The highest BCUT2D eigenvalue weighted by Gasteiger charge is 2.06. The van der Waals surface area contributed by atoms with Gasteiger partial charge in [0.15, 0.2) is 0 Å². The van der Waals surface area contributed by atoms with Gasteiger partial charge in [0, 0.05) is 30.5 Å². The van der Waals surface area contributed by atoms with E-state index in [1.165, 1.54) is 4.88 Å². The first-order valence-electron chi connectivity index (χ1n) is 6.11. The molecule has 0 unspecified atom stereocenters. The van der Waals surface area contributed by atoms with Crippen LogP contribution in [0, 0.1) is 0 Å². The number of rotatable bonds is 7. The zero-order valence-corrected chi connectivity index (χ0v) is 11.7. The Bertz CT molecular complexity index is 482. The Morgan fingerprint density at radius 1 is 1.53 bits per heavy atom. The van der Waals surface area contributed by atoms with Crippen LogP contribution >= 0.6 is 11.3 Å². The molecule has 1 amide bonds. The molecule has 2 rings (SSSR count). The molecule has 0 radical (unpaired) electrons. The molecular formula is C13H17N3O2S. The third-order valence-corrected chi connectivity index (χ3v) is 3.56. The van der Waals surface area contributed by atoms with Gasteiger partial charge in [0.25, 0.3) is 0 Å². The summed E-state index contributed by atoms with van der Waals surface area (Å²) in [6, 6.07) is 5.83. The van der Waals surface area contributed by atoms with Crippen molar-refractivity contribution < 1.29 is 9.32 Å². The zero-order valence-electron chi connectivity index (χ0n) is 10.8. The van der Waals surface area contributed by atoms with Crippen LogP contribution in [0.2, 0.25) is 0 Å². The van der Waals surface area contributed by atoms with Crippen molar-refractivity contribution in [3.8, 4) is 0 Å². The van der Waals surface area contributed by atoms with E-state index in [0.717, 1.165) is 5.69 Å². The fourth-order valence-electron chi connectivity index (χ4n) is 1.65. The Balaban J connectivity index is 1.63. The molecule has 0 aliphatic heterocycles. The number of nitrogens with zero attached hydrogens (tertiary/aromatic N) is 2. The van der Waals surface area contributed by atoms with Gasteiger partial charge in [-0.1, -0.05) is 11.2 Å². The number of thiophene rings is 1. The summed E-state index contributed by atoms with van der Waals surface area (Å²) in [6.07, 6.45) is 2.04. The standard InChI is InChI=1S/C13H17N3O2S/c1-16(10-11-5-7-18-15-11)6-4-13(17)14-9-12-3-2-8-19-12/h2-3,5,7-8H,4,6,9-10H2,1H3,(H,14,17). The van der Waals surface area contributed by atoms with Gasteiger partial charge >= 0.3 is 0 Å². The minimum absolute atomic E-state index is 0.0698. The summed E-state index contributed by atoms with van der Waals surface area (Å²) in [6.45, 7) is 2.00. The second-order valence-electron chi connectivity index (χ2n) is 4.33. The number of aromatic nitrogens is 1. The van der Waals surface area contributed by atoms with E-state index in [-0.39, 0.29) is 5.91 Å². The van der Waals surface area contributed by atoms with Crippen LogP contribution in [0.4, 0.5) is 0 Å². The molecule has 0 aliphatic carbocycles. The Hall–Kier alpha value is -1.66. The molecule has 2 aromatic rings. The Morgan fingerprint density at radius 3 is 3.11 bits per heavy atom. The first kappa shape index (κ1) is 13.8. The SMILES string of the molecule is CN(CCC(=O)NCc1cccs1)Cc1ccon1. The lowest BCUT2D eigenvalue weighted by molar-refractivity contribution is -0.121. The lowest BCUT2D eigenvalue weighted by atomic mass is 10.3. The predicted octanol–water partition coefficient (Wildman–Crippen LogP) is 1.87. The quantitative estimate of drug-likeness (QED) is 0.840. The van der Waals surface area contributed by atoms with Crippen LogP contribution in [0.15, 0.2) is 34.4 Å². The largest absolute Gasteiger partial charge is 0.364 e. The van der Waals surface area contributed by atoms with Crippen LogP contribution in [0.25, 0.3) is 0 Å².